The Morgan fingerprint density at radius 3 is 2.16 bits per heavy atom. The minimum absolute atomic E-state index is 0.0699. The fraction of sp³-hybridized carbons (Fsp3) is 0.160. The summed E-state index contributed by atoms with van der Waals surface area (Å²) >= 11 is 4.19. The first-order valence-corrected chi connectivity index (χ1v) is 11.8. The van der Waals surface area contributed by atoms with Gasteiger partial charge in [-0.25, -0.2) is 0 Å². The van der Waals surface area contributed by atoms with E-state index in [9.17, 15) is 9.59 Å². The minimum atomic E-state index is -0.521. The van der Waals surface area contributed by atoms with E-state index in [-0.39, 0.29) is 21.6 Å². The summed E-state index contributed by atoms with van der Waals surface area (Å²) in [5, 5.41) is 1.02. The molecule has 0 spiro atoms. The van der Waals surface area contributed by atoms with Gasteiger partial charge in [-0.2, -0.15) is 0 Å². The number of aliphatic imine (C=N–C) groups is 1. The van der Waals surface area contributed by atoms with Gasteiger partial charge in [-0.3, -0.25) is 0 Å². The van der Waals surface area contributed by atoms with E-state index in [1.807, 2.05) is 12.1 Å². The molecule has 2 aromatic carbocycles. The van der Waals surface area contributed by atoms with Gasteiger partial charge in [-0.15, -0.1) is 0 Å². The molecule has 5 rings (SSSR count). The van der Waals surface area contributed by atoms with Crippen LogP contribution in [0.15, 0.2) is 71.2 Å². The summed E-state index contributed by atoms with van der Waals surface area (Å²) in [6.07, 6.45) is 1.64. The first-order chi connectivity index (χ1) is 15.3. The summed E-state index contributed by atoms with van der Waals surface area (Å²) in [6.45, 7) is 4.51. The summed E-state index contributed by atoms with van der Waals surface area (Å²) < 4.78 is 0.285. The average molecular weight is 505 g/mol. The molecule has 159 valence electrons. The summed E-state index contributed by atoms with van der Waals surface area (Å²) in [4.78, 5) is 33.3. The van der Waals surface area contributed by atoms with Crippen molar-refractivity contribution in [2.45, 2.75) is 19.3 Å². The zero-order valence-electron chi connectivity index (χ0n) is 17.8. The first kappa shape index (κ1) is 20.9. The van der Waals surface area contributed by atoms with Crippen LogP contribution < -0.4 is 4.90 Å². The Morgan fingerprint density at radius 2 is 1.53 bits per heavy atom. The molecule has 0 saturated carbocycles. The van der Waals surface area contributed by atoms with E-state index >= 15 is 0 Å². The molecule has 2 aliphatic rings. The molecule has 0 aliphatic carbocycles. The van der Waals surface area contributed by atoms with E-state index in [1.165, 1.54) is 27.4 Å². The number of rotatable bonds is 2. The van der Waals surface area contributed by atoms with E-state index < -0.39 is 5.91 Å². The number of hydrogen-bond donors (Lipinski definition) is 0. The van der Waals surface area contributed by atoms with Crippen molar-refractivity contribution in [2.75, 3.05) is 11.9 Å². The zero-order valence-corrected chi connectivity index (χ0v) is 20.4. The van der Waals surface area contributed by atoms with Crippen LogP contribution in [-0.2, 0) is 15.0 Å². The number of anilines is 3. The van der Waals surface area contributed by atoms with Gasteiger partial charge < -0.3 is 0 Å². The molecule has 0 unspecified atom stereocenters. The van der Waals surface area contributed by atoms with Gasteiger partial charge in [0, 0.05) is 0 Å². The molecule has 5 nitrogen and oxygen atoms in total. The van der Waals surface area contributed by atoms with Gasteiger partial charge in [0.05, 0.1) is 0 Å². The molecular weight excluding hydrogens is 485 g/mol. The number of carbonyl (C=O) groups is 2. The van der Waals surface area contributed by atoms with Gasteiger partial charge in [-0.05, 0) is 0 Å². The van der Waals surface area contributed by atoms with Crippen molar-refractivity contribution in [1.29, 1.82) is 0 Å². The van der Waals surface area contributed by atoms with Gasteiger partial charge in [-0.1, -0.05) is 26.0 Å². The summed E-state index contributed by atoms with van der Waals surface area (Å²) in [5.74, 6) is -0.878. The quantitative estimate of drug-likeness (QED) is 0.287. The molecule has 1 radical (unpaired) electrons. The number of hydrogen-bond acceptors (Lipinski definition) is 4. The van der Waals surface area contributed by atoms with Crippen LogP contribution in [0.25, 0.3) is 6.08 Å². The van der Waals surface area contributed by atoms with Crippen LogP contribution in [0.5, 0.6) is 0 Å². The molecule has 0 atom stereocenters. The van der Waals surface area contributed by atoms with Crippen molar-refractivity contribution in [2.24, 2.45) is 4.99 Å². The Kier molecular flexibility index (Phi) is 4.93. The Balaban J connectivity index is 1.61. The van der Waals surface area contributed by atoms with Crippen LogP contribution in [0, 0.1) is 0 Å². The topological polar surface area (TPSA) is 53.0 Å². The van der Waals surface area contributed by atoms with Crippen molar-refractivity contribution >= 4 is 66.3 Å². The predicted molar refractivity (Wildman–Crippen MR) is 130 cm³/mol. The Bertz CT molecular complexity index is 1290. The molecule has 32 heavy (non-hydrogen) atoms. The standard InChI is InChI=1S/C25H20N3O2SSe/c1-25(2)17-8-4-6-10-19(17)28(20-11-7-5-9-18(20)25)21-13-12-15(31-21)14-16-22(29)26-24(32)27(3)23(16)30/h4-14H,1-3H3/b16-14+. The maximum absolute atomic E-state index is 12.6. The molecule has 2 aliphatic heterocycles. The third-order valence-corrected chi connectivity index (χ3v) is 7.79. The second-order valence-corrected chi connectivity index (χ2v) is 10.2. The number of thiophene rings is 1. The number of amidine groups is 1. The Hall–Kier alpha value is -2.99. The molecule has 0 N–H and O–H groups in total. The van der Waals surface area contributed by atoms with Crippen LogP contribution in [0.2, 0.25) is 0 Å². The number of carbonyl (C=O) groups excluding carboxylic acids is 2. The van der Waals surface area contributed by atoms with Crippen LogP contribution >= 0.6 is 11.3 Å². The van der Waals surface area contributed by atoms with Crippen LogP contribution in [0.4, 0.5) is 16.4 Å². The number of amides is 2. The molecule has 3 aromatic rings. The van der Waals surface area contributed by atoms with Crippen molar-refractivity contribution < 1.29 is 9.59 Å². The second kappa shape index (κ2) is 7.55. The van der Waals surface area contributed by atoms with Gasteiger partial charge in [0.15, 0.2) is 0 Å². The van der Waals surface area contributed by atoms with Crippen LogP contribution in [0.3, 0.4) is 0 Å². The molecule has 0 fully saturated rings. The third-order valence-electron chi connectivity index (χ3n) is 6.01. The van der Waals surface area contributed by atoms with Gasteiger partial charge in [0.25, 0.3) is 0 Å². The number of fused-ring (bicyclic) bond motifs is 2. The van der Waals surface area contributed by atoms with Crippen LogP contribution in [-0.4, -0.2) is 44.5 Å². The summed E-state index contributed by atoms with van der Waals surface area (Å²) in [5.41, 5.74) is 4.74. The molecule has 1 aromatic heterocycles. The van der Waals surface area contributed by atoms with Gasteiger partial charge >= 0.3 is 173 Å². The van der Waals surface area contributed by atoms with Crippen molar-refractivity contribution in [3.8, 4) is 0 Å². The van der Waals surface area contributed by atoms with E-state index in [0.29, 0.717) is 0 Å². The van der Waals surface area contributed by atoms with E-state index in [1.54, 1.807) is 13.1 Å². The average Bonchev–Trinajstić information content (AvgIpc) is 3.24. The third kappa shape index (κ3) is 3.16. The molecule has 3 heterocycles. The Labute approximate surface area is 198 Å². The molecule has 0 bridgehead atoms. The number of benzene rings is 2. The van der Waals surface area contributed by atoms with Crippen LogP contribution in [0.1, 0.15) is 29.9 Å². The number of nitrogens with zero attached hydrogens (tertiary/aromatic N) is 3. The molecule has 7 heteroatoms. The first-order valence-electron chi connectivity index (χ1n) is 10.2. The van der Waals surface area contributed by atoms with E-state index in [0.717, 1.165) is 21.3 Å². The normalized spacial score (nSPS) is 18.5. The Morgan fingerprint density at radius 1 is 0.938 bits per heavy atom. The van der Waals surface area contributed by atoms with Gasteiger partial charge in [0.1, 0.15) is 0 Å². The fourth-order valence-corrected chi connectivity index (χ4v) is 5.62. The second-order valence-electron chi connectivity index (χ2n) is 8.29. The van der Waals surface area contributed by atoms with Gasteiger partial charge in [0.2, 0.25) is 0 Å². The van der Waals surface area contributed by atoms with Crippen molar-refractivity contribution in [1.82, 2.24) is 4.90 Å². The monoisotopic (exact) mass is 506 g/mol. The predicted octanol–water partition coefficient (Wildman–Crippen LogP) is 4.76. The summed E-state index contributed by atoms with van der Waals surface area (Å²) in [7, 11) is 1.60. The van der Waals surface area contributed by atoms with E-state index in [4.69, 9.17) is 0 Å². The zero-order chi connectivity index (χ0) is 22.6. The fourth-order valence-electron chi connectivity index (χ4n) is 4.29. The molecule has 2 amide bonds. The molecule has 0 saturated heterocycles. The maximum atomic E-state index is 12.6. The summed E-state index contributed by atoms with van der Waals surface area (Å²) in [6, 6.07) is 20.9. The molecular formula is C25H20N3O2SSe. The SMILES string of the molecule is CN1C(=O)/C(=C/c2ccc(N3c4ccccc4C(C)(C)c4ccccc43)s2)C(=O)N=C1[Se]. The van der Waals surface area contributed by atoms with E-state index in [2.05, 4.69) is 88.3 Å². The number of para-hydroxylation sites is 2. The number of likely N-dealkylation sites (N-methyl/N-ethyl adjacent to an activating group) is 1. The van der Waals surface area contributed by atoms with Crippen molar-refractivity contribution in [3.05, 3.63) is 82.2 Å². The van der Waals surface area contributed by atoms with Crippen molar-refractivity contribution in [3.63, 3.8) is 0 Å².